The quantitative estimate of drug-likeness (QED) is 0.605. The number of carbonyl (C=O) groups excluding carboxylic acids is 1. The number of nitrogens with zero attached hydrogens (tertiary/aromatic N) is 2. The molecule has 0 atom stereocenters. The van der Waals surface area contributed by atoms with E-state index in [4.69, 9.17) is 9.47 Å². The molecule has 4 rings (SSSR count). The number of hydrogen-bond acceptors (Lipinski definition) is 5. The van der Waals surface area contributed by atoms with Crippen molar-refractivity contribution >= 4 is 23.4 Å². The Bertz CT molecular complexity index is 1080. The smallest absolute Gasteiger partial charge is 0.435 e. The van der Waals surface area contributed by atoms with Crippen LogP contribution in [-0.2, 0) is 6.18 Å². The van der Waals surface area contributed by atoms with Gasteiger partial charge in [0.25, 0.3) is 5.91 Å². The van der Waals surface area contributed by atoms with Crippen LogP contribution in [-0.4, -0.2) is 35.2 Å². The highest BCUT2D eigenvalue weighted by molar-refractivity contribution is 7.98. The van der Waals surface area contributed by atoms with E-state index in [-0.39, 0.29) is 5.91 Å². The summed E-state index contributed by atoms with van der Waals surface area (Å²) < 4.78 is 50.4. The lowest BCUT2D eigenvalue weighted by molar-refractivity contribution is -0.141. The molecule has 1 amide bonds. The van der Waals surface area contributed by atoms with E-state index in [1.807, 2.05) is 12.3 Å². The van der Waals surface area contributed by atoms with Crippen molar-refractivity contribution in [2.45, 2.75) is 11.1 Å². The van der Waals surface area contributed by atoms with Crippen LogP contribution in [0.4, 0.5) is 18.9 Å². The number of thioether (sulfide) groups is 1. The molecule has 0 fully saturated rings. The lowest BCUT2D eigenvalue weighted by atomic mass is 10.2. The van der Waals surface area contributed by atoms with E-state index in [0.29, 0.717) is 41.7 Å². The van der Waals surface area contributed by atoms with Gasteiger partial charge >= 0.3 is 6.18 Å². The third-order valence-corrected chi connectivity index (χ3v) is 5.16. The summed E-state index contributed by atoms with van der Waals surface area (Å²) in [6.07, 6.45) is -1.41. The Morgan fingerprint density at radius 2 is 1.77 bits per heavy atom. The number of rotatable bonds is 4. The lowest BCUT2D eigenvalue weighted by Crippen LogP contribution is -2.17. The summed E-state index contributed by atoms with van der Waals surface area (Å²) in [5.74, 6) is 0.833. The van der Waals surface area contributed by atoms with Crippen LogP contribution in [0.15, 0.2) is 53.6 Å². The Hall–Kier alpha value is -3.14. The Morgan fingerprint density at radius 1 is 1.10 bits per heavy atom. The molecule has 0 spiro atoms. The maximum Gasteiger partial charge on any atom is 0.435 e. The number of aromatic nitrogens is 2. The van der Waals surface area contributed by atoms with Gasteiger partial charge in [0.15, 0.2) is 17.2 Å². The number of fused-ring (bicyclic) bond motifs is 1. The number of amides is 1. The molecule has 30 heavy (non-hydrogen) atoms. The minimum absolute atomic E-state index is 0.351. The van der Waals surface area contributed by atoms with E-state index < -0.39 is 11.9 Å². The highest BCUT2D eigenvalue weighted by Crippen LogP contribution is 2.39. The molecule has 0 radical (unpaired) electrons. The van der Waals surface area contributed by atoms with Gasteiger partial charge in [0.05, 0.1) is 11.4 Å². The maximum absolute atomic E-state index is 12.7. The van der Waals surface area contributed by atoms with E-state index in [2.05, 4.69) is 10.4 Å². The Labute approximate surface area is 174 Å². The van der Waals surface area contributed by atoms with Crippen LogP contribution in [0.25, 0.3) is 5.69 Å². The van der Waals surface area contributed by atoms with Gasteiger partial charge in [-0.2, -0.15) is 18.3 Å². The number of hydrogen-bond donors (Lipinski definition) is 1. The lowest BCUT2D eigenvalue weighted by Gasteiger charge is -2.21. The molecule has 1 aliphatic rings. The zero-order valence-corrected chi connectivity index (χ0v) is 16.5. The standard InChI is InChI=1S/C20H16F3N3O3S/c1-30-17-11-16-15(28-8-9-29-16)10-14(17)24-19(27)12-2-4-13(5-3-12)26-7-6-18(25-26)20(21,22)23/h2-7,10-11H,8-9H2,1H3,(H,24,27). The third-order valence-electron chi connectivity index (χ3n) is 4.39. The fourth-order valence-electron chi connectivity index (χ4n) is 2.92. The predicted molar refractivity (Wildman–Crippen MR) is 106 cm³/mol. The molecule has 1 N–H and O–H groups in total. The first-order valence-electron chi connectivity index (χ1n) is 8.87. The molecule has 2 heterocycles. The fourth-order valence-corrected chi connectivity index (χ4v) is 3.47. The van der Waals surface area contributed by atoms with Crippen molar-refractivity contribution in [1.82, 2.24) is 9.78 Å². The second-order valence-electron chi connectivity index (χ2n) is 6.34. The Morgan fingerprint density at radius 3 is 2.37 bits per heavy atom. The minimum Gasteiger partial charge on any atom is -0.486 e. The summed E-state index contributed by atoms with van der Waals surface area (Å²) in [6.45, 7) is 0.906. The first-order chi connectivity index (χ1) is 14.3. The second kappa shape index (κ2) is 7.94. The largest absolute Gasteiger partial charge is 0.486 e. The topological polar surface area (TPSA) is 65.4 Å². The number of carbonyl (C=O) groups is 1. The Balaban J connectivity index is 1.53. The molecule has 0 saturated heterocycles. The Kier molecular flexibility index (Phi) is 5.33. The van der Waals surface area contributed by atoms with E-state index in [1.54, 1.807) is 6.07 Å². The number of nitrogens with one attached hydrogen (secondary N) is 1. The summed E-state index contributed by atoms with van der Waals surface area (Å²) in [7, 11) is 0. The summed E-state index contributed by atoms with van der Waals surface area (Å²) in [6, 6.07) is 10.5. The highest BCUT2D eigenvalue weighted by atomic mass is 32.2. The molecule has 1 aliphatic heterocycles. The van der Waals surface area contributed by atoms with Crippen LogP contribution in [0.2, 0.25) is 0 Å². The van der Waals surface area contributed by atoms with E-state index >= 15 is 0 Å². The average Bonchev–Trinajstić information content (AvgIpc) is 3.24. The molecular formula is C20H16F3N3O3S. The number of anilines is 1. The van der Waals surface area contributed by atoms with E-state index in [9.17, 15) is 18.0 Å². The highest BCUT2D eigenvalue weighted by Gasteiger charge is 2.33. The molecule has 156 valence electrons. The number of benzene rings is 2. The van der Waals surface area contributed by atoms with Crippen molar-refractivity contribution in [3.63, 3.8) is 0 Å². The monoisotopic (exact) mass is 435 g/mol. The van der Waals surface area contributed by atoms with Crippen molar-refractivity contribution in [1.29, 1.82) is 0 Å². The van der Waals surface area contributed by atoms with Gasteiger partial charge in [-0.25, -0.2) is 4.68 Å². The van der Waals surface area contributed by atoms with Gasteiger partial charge in [-0.05, 0) is 42.7 Å². The van der Waals surface area contributed by atoms with Crippen LogP contribution in [0.1, 0.15) is 16.1 Å². The van der Waals surface area contributed by atoms with Gasteiger partial charge in [-0.15, -0.1) is 11.8 Å². The van der Waals surface area contributed by atoms with Crippen LogP contribution in [0.3, 0.4) is 0 Å². The molecule has 6 nitrogen and oxygen atoms in total. The van der Waals surface area contributed by atoms with Gasteiger partial charge < -0.3 is 14.8 Å². The van der Waals surface area contributed by atoms with Crippen molar-refractivity contribution in [3.8, 4) is 17.2 Å². The van der Waals surface area contributed by atoms with E-state index in [0.717, 1.165) is 15.6 Å². The van der Waals surface area contributed by atoms with Crippen molar-refractivity contribution in [2.24, 2.45) is 0 Å². The van der Waals surface area contributed by atoms with Crippen molar-refractivity contribution in [3.05, 3.63) is 59.9 Å². The van der Waals surface area contributed by atoms with Gasteiger partial charge in [0.2, 0.25) is 0 Å². The molecule has 0 saturated carbocycles. The summed E-state index contributed by atoms with van der Waals surface area (Å²) in [5.41, 5.74) is 0.366. The second-order valence-corrected chi connectivity index (χ2v) is 7.19. The van der Waals surface area contributed by atoms with Gasteiger partial charge in [0.1, 0.15) is 13.2 Å². The van der Waals surface area contributed by atoms with Crippen LogP contribution < -0.4 is 14.8 Å². The molecule has 0 unspecified atom stereocenters. The van der Waals surface area contributed by atoms with Gasteiger partial charge in [-0.3, -0.25) is 4.79 Å². The molecular weight excluding hydrogens is 419 g/mol. The molecule has 0 aliphatic carbocycles. The molecule has 1 aromatic heterocycles. The van der Waals surface area contributed by atoms with Crippen molar-refractivity contribution < 1.29 is 27.4 Å². The number of alkyl halides is 3. The zero-order valence-electron chi connectivity index (χ0n) is 15.7. The molecule has 0 bridgehead atoms. The molecule has 10 heteroatoms. The van der Waals surface area contributed by atoms with Crippen LogP contribution >= 0.6 is 11.8 Å². The third kappa shape index (κ3) is 4.09. The van der Waals surface area contributed by atoms with Gasteiger partial charge in [-0.1, -0.05) is 0 Å². The average molecular weight is 435 g/mol. The number of ether oxygens (including phenoxy) is 2. The first kappa shape index (κ1) is 20.1. The summed E-state index contributed by atoms with van der Waals surface area (Å²) >= 11 is 1.46. The molecule has 2 aromatic carbocycles. The zero-order chi connectivity index (χ0) is 21.3. The maximum atomic E-state index is 12.7. The predicted octanol–water partition coefficient (Wildman–Crippen LogP) is 4.64. The van der Waals surface area contributed by atoms with E-state index in [1.165, 1.54) is 42.2 Å². The first-order valence-corrected chi connectivity index (χ1v) is 10.1. The fraction of sp³-hybridized carbons (Fsp3) is 0.200. The van der Waals surface area contributed by atoms with Crippen LogP contribution in [0.5, 0.6) is 11.5 Å². The van der Waals surface area contributed by atoms with Gasteiger partial charge in [0, 0.05) is 22.7 Å². The normalized spacial score (nSPS) is 13.2. The SMILES string of the molecule is CSc1cc2c(cc1NC(=O)c1ccc(-n3ccc(C(F)(F)F)n3)cc1)OCCO2. The minimum atomic E-state index is -4.51. The summed E-state index contributed by atoms with van der Waals surface area (Å²) in [5, 5.41) is 6.36. The number of halogens is 3. The van der Waals surface area contributed by atoms with Crippen LogP contribution in [0, 0.1) is 0 Å². The summed E-state index contributed by atoms with van der Waals surface area (Å²) in [4.78, 5) is 13.5. The molecule has 3 aromatic rings. The van der Waals surface area contributed by atoms with Crippen molar-refractivity contribution in [2.75, 3.05) is 24.8 Å².